The SMILES string of the molecule is Cc1ccccc1S(=O)(=O)NC(C(N)=O)c1ccc(F)cc1. The standard InChI is InChI=1S/C15H15FN2O3S/c1-10-4-2-3-5-13(10)22(20,21)18-14(15(17)19)11-6-8-12(16)9-7-11/h2-9,14,18H,1H3,(H2,17,19). The van der Waals surface area contributed by atoms with Crippen molar-refractivity contribution in [2.75, 3.05) is 0 Å². The molecule has 0 radical (unpaired) electrons. The summed E-state index contributed by atoms with van der Waals surface area (Å²) in [7, 11) is -3.94. The lowest BCUT2D eigenvalue weighted by molar-refractivity contribution is -0.119. The van der Waals surface area contributed by atoms with E-state index in [9.17, 15) is 17.6 Å². The Labute approximate surface area is 128 Å². The molecule has 0 fully saturated rings. The van der Waals surface area contributed by atoms with Gasteiger partial charge >= 0.3 is 0 Å². The van der Waals surface area contributed by atoms with Crippen LogP contribution in [0.25, 0.3) is 0 Å². The highest BCUT2D eigenvalue weighted by Gasteiger charge is 2.26. The van der Waals surface area contributed by atoms with Crippen molar-refractivity contribution in [1.82, 2.24) is 4.72 Å². The second-order valence-electron chi connectivity index (χ2n) is 4.77. The predicted octanol–water partition coefficient (Wildman–Crippen LogP) is 1.64. The highest BCUT2D eigenvalue weighted by atomic mass is 32.2. The molecule has 1 unspecified atom stereocenters. The zero-order chi connectivity index (χ0) is 16.3. The van der Waals surface area contributed by atoms with Crippen molar-refractivity contribution in [3.8, 4) is 0 Å². The Hall–Kier alpha value is -2.25. The minimum atomic E-state index is -3.94. The average Bonchev–Trinajstić information content (AvgIpc) is 2.46. The van der Waals surface area contributed by atoms with Crippen molar-refractivity contribution < 1.29 is 17.6 Å². The zero-order valence-corrected chi connectivity index (χ0v) is 12.6. The van der Waals surface area contributed by atoms with Gasteiger partial charge in [0.15, 0.2) is 0 Å². The summed E-state index contributed by atoms with van der Waals surface area (Å²) in [6.45, 7) is 1.64. The first-order valence-corrected chi connectivity index (χ1v) is 7.92. The van der Waals surface area contributed by atoms with Gasteiger partial charge in [-0.1, -0.05) is 30.3 Å². The van der Waals surface area contributed by atoms with Crippen LogP contribution in [-0.2, 0) is 14.8 Å². The Kier molecular flexibility index (Phi) is 4.58. The monoisotopic (exact) mass is 322 g/mol. The van der Waals surface area contributed by atoms with Crippen LogP contribution in [0.1, 0.15) is 17.2 Å². The van der Waals surface area contributed by atoms with Crippen LogP contribution < -0.4 is 10.5 Å². The second kappa shape index (κ2) is 6.25. The summed E-state index contributed by atoms with van der Waals surface area (Å²) in [4.78, 5) is 11.6. The van der Waals surface area contributed by atoms with Crippen LogP contribution in [0.3, 0.4) is 0 Å². The molecule has 2 aromatic rings. The molecule has 0 saturated heterocycles. The third-order valence-electron chi connectivity index (χ3n) is 3.14. The Morgan fingerprint density at radius 1 is 1.14 bits per heavy atom. The molecule has 7 heteroatoms. The molecule has 1 atom stereocenters. The molecule has 1 amide bonds. The summed E-state index contributed by atoms with van der Waals surface area (Å²) in [5, 5.41) is 0. The lowest BCUT2D eigenvalue weighted by atomic mass is 10.1. The van der Waals surface area contributed by atoms with Crippen LogP contribution in [0.15, 0.2) is 53.4 Å². The minimum Gasteiger partial charge on any atom is -0.368 e. The van der Waals surface area contributed by atoms with Gasteiger partial charge in [0.05, 0.1) is 4.90 Å². The van der Waals surface area contributed by atoms with E-state index in [1.165, 1.54) is 18.2 Å². The molecule has 0 saturated carbocycles. The van der Waals surface area contributed by atoms with Gasteiger partial charge in [0.25, 0.3) is 0 Å². The maximum Gasteiger partial charge on any atom is 0.241 e. The first-order valence-electron chi connectivity index (χ1n) is 6.44. The van der Waals surface area contributed by atoms with Crippen molar-refractivity contribution in [1.29, 1.82) is 0 Å². The molecule has 22 heavy (non-hydrogen) atoms. The quantitative estimate of drug-likeness (QED) is 0.877. The molecule has 0 aromatic heterocycles. The molecule has 2 aromatic carbocycles. The second-order valence-corrected chi connectivity index (χ2v) is 6.46. The molecular weight excluding hydrogens is 307 g/mol. The number of primary amides is 1. The van der Waals surface area contributed by atoms with Crippen LogP contribution in [0, 0.1) is 12.7 Å². The molecule has 0 aliphatic carbocycles. The van der Waals surface area contributed by atoms with Crippen molar-refractivity contribution in [2.45, 2.75) is 17.9 Å². The van der Waals surface area contributed by atoms with Crippen molar-refractivity contribution in [3.63, 3.8) is 0 Å². The van der Waals surface area contributed by atoms with E-state index in [4.69, 9.17) is 5.73 Å². The number of rotatable bonds is 5. The maximum atomic E-state index is 13.0. The molecule has 2 rings (SSSR count). The summed E-state index contributed by atoms with van der Waals surface area (Å²) < 4.78 is 40.0. The fraction of sp³-hybridized carbons (Fsp3) is 0.133. The number of benzene rings is 2. The highest BCUT2D eigenvalue weighted by molar-refractivity contribution is 7.89. The number of halogens is 1. The van der Waals surface area contributed by atoms with Gasteiger partial charge in [0.2, 0.25) is 15.9 Å². The van der Waals surface area contributed by atoms with Crippen LogP contribution in [0.5, 0.6) is 0 Å². The number of hydrogen-bond donors (Lipinski definition) is 2. The molecule has 0 aliphatic heterocycles. The lowest BCUT2D eigenvalue weighted by Crippen LogP contribution is -2.37. The van der Waals surface area contributed by atoms with E-state index in [0.717, 1.165) is 12.1 Å². The highest BCUT2D eigenvalue weighted by Crippen LogP contribution is 2.19. The zero-order valence-electron chi connectivity index (χ0n) is 11.8. The molecular formula is C15H15FN2O3S. The Balaban J connectivity index is 2.38. The fourth-order valence-corrected chi connectivity index (χ4v) is 3.46. The third-order valence-corrected chi connectivity index (χ3v) is 4.73. The number of carbonyl (C=O) groups is 1. The van der Waals surface area contributed by atoms with Gasteiger partial charge in [0, 0.05) is 0 Å². The molecule has 116 valence electrons. The first kappa shape index (κ1) is 16.1. The van der Waals surface area contributed by atoms with E-state index in [-0.39, 0.29) is 10.5 Å². The molecule has 3 N–H and O–H groups in total. The van der Waals surface area contributed by atoms with Gasteiger partial charge in [-0.05, 0) is 36.2 Å². The summed E-state index contributed by atoms with van der Waals surface area (Å²) in [6.07, 6.45) is 0. The number of amides is 1. The Morgan fingerprint density at radius 2 is 1.73 bits per heavy atom. The van der Waals surface area contributed by atoms with E-state index in [1.54, 1.807) is 25.1 Å². The van der Waals surface area contributed by atoms with Gasteiger partial charge in [-0.3, -0.25) is 4.79 Å². The summed E-state index contributed by atoms with van der Waals surface area (Å²) >= 11 is 0. The Morgan fingerprint density at radius 3 is 2.27 bits per heavy atom. The number of sulfonamides is 1. The van der Waals surface area contributed by atoms with Gasteiger partial charge in [-0.15, -0.1) is 0 Å². The van der Waals surface area contributed by atoms with Crippen molar-refractivity contribution >= 4 is 15.9 Å². The number of carbonyl (C=O) groups excluding carboxylic acids is 1. The van der Waals surface area contributed by atoms with Crippen molar-refractivity contribution in [2.24, 2.45) is 5.73 Å². The van der Waals surface area contributed by atoms with E-state index in [0.29, 0.717) is 5.56 Å². The van der Waals surface area contributed by atoms with Crippen LogP contribution >= 0.6 is 0 Å². The van der Waals surface area contributed by atoms with E-state index < -0.39 is 27.8 Å². The van der Waals surface area contributed by atoms with Gasteiger partial charge in [-0.25, -0.2) is 12.8 Å². The van der Waals surface area contributed by atoms with Crippen molar-refractivity contribution in [3.05, 3.63) is 65.5 Å². The molecule has 0 heterocycles. The molecule has 0 spiro atoms. The van der Waals surface area contributed by atoms with Crippen LogP contribution in [0.4, 0.5) is 4.39 Å². The maximum absolute atomic E-state index is 13.0. The average molecular weight is 322 g/mol. The smallest absolute Gasteiger partial charge is 0.241 e. The number of nitrogens with one attached hydrogen (secondary N) is 1. The summed E-state index contributed by atoms with van der Waals surface area (Å²) in [5.41, 5.74) is 6.08. The Bertz CT molecular complexity index is 789. The first-order chi connectivity index (χ1) is 10.3. The topological polar surface area (TPSA) is 89.3 Å². The largest absolute Gasteiger partial charge is 0.368 e. The van der Waals surface area contributed by atoms with E-state index in [1.807, 2.05) is 0 Å². The van der Waals surface area contributed by atoms with E-state index >= 15 is 0 Å². The van der Waals surface area contributed by atoms with E-state index in [2.05, 4.69) is 4.72 Å². The van der Waals surface area contributed by atoms with Gasteiger partial charge in [0.1, 0.15) is 11.9 Å². The molecule has 0 bridgehead atoms. The minimum absolute atomic E-state index is 0.0587. The molecule has 5 nitrogen and oxygen atoms in total. The number of nitrogens with two attached hydrogens (primary N) is 1. The predicted molar refractivity (Wildman–Crippen MR) is 79.8 cm³/mol. The van der Waals surface area contributed by atoms with Gasteiger partial charge in [-0.2, -0.15) is 4.72 Å². The lowest BCUT2D eigenvalue weighted by Gasteiger charge is -2.17. The number of hydrogen-bond acceptors (Lipinski definition) is 3. The summed E-state index contributed by atoms with van der Waals surface area (Å²) in [5.74, 6) is -1.36. The number of aryl methyl sites for hydroxylation is 1. The molecule has 0 aliphatic rings. The van der Waals surface area contributed by atoms with Crippen LogP contribution in [0.2, 0.25) is 0 Å². The summed E-state index contributed by atoms with van der Waals surface area (Å²) in [6, 6.07) is 9.98. The normalized spacial score (nSPS) is 12.8. The van der Waals surface area contributed by atoms with Crippen LogP contribution in [-0.4, -0.2) is 14.3 Å². The van der Waals surface area contributed by atoms with Gasteiger partial charge < -0.3 is 5.73 Å². The third kappa shape index (κ3) is 3.49. The fourth-order valence-electron chi connectivity index (χ4n) is 2.02.